The molecule has 2 rings (SSSR count). The molecule has 1 N–H and O–H groups in total. The van der Waals surface area contributed by atoms with Crippen LogP contribution in [0.25, 0.3) is 0 Å². The van der Waals surface area contributed by atoms with Crippen molar-refractivity contribution >= 4 is 22.8 Å². The normalized spacial score (nSPS) is 14.7. The fourth-order valence-corrected chi connectivity index (χ4v) is 2.49. The maximum absolute atomic E-state index is 10.7. The fourth-order valence-electron chi connectivity index (χ4n) is 1.93. The molecular weight excluding hydrogens is 302 g/mol. The number of carboxylic acid groups (broad SMARTS) is 1. The van der Waals surface area contributed by atoms with Crippen LogP contribution in [0.3, 0.4) is 0 Å². The SMILES string of the molecule is CCOc1ccc(C(=NCC(=O)O)SC)cc1OCC1CC1. The Morgan fingerprint density at radius 1 is 1.36 bits per heavy atom. The van der Waals surface area contributed by atoms with Crippen LogP contribution in [0.4, 0.5) is 0 Å². The topological polar surface area (TPSA) is 68.1 Å². The van der Waals surface area contributed by atoms with Gasteiger partial charge in [-0.25, -0.2) is 0 Å². The average molecular weight is 323 g/mol. The third kappa shape index (κ3) is 4.94. The van der Waals surface area contributed by atoms with Crippen molar-refractivity contribution in [2.45, 2.75) is 19.8 Å². The minimum absolute atomic E-state index is 0.234. The van der Waals surface area contributed by atoms with E-state index in [1.54, 1.807) is 0 Å². The van der Waals surface area contributed by atoms with Gasteiger partial charge in [-0.3, -0.25) is 9.79 Å². The molecule has 6 heteroatoms. The van der Waals surface area contributed by atoms with Crippen LogP contribution in [0, 0.1) is 5.92 Å². The highest BCUT2D eigenvalue weighted by molar-refractivity contribution is 8.13. The highest BCUT2D eigenvalue weighted by Gasteiger charge is 2.22. The van der Waals surface area contributed by atoms with Crippen molar-refractivity contribution in [3.8, 4) is 11.5 Å². The first-order chi connectivity index (χ1) is 10.6. The first kappa shape index (κ1) is 16.7. The number of benzene rings is 1. The van der Waals surface area contributed by atoms with Gasteiger partial charge < -0.3 is 14.6 Å². The number of thioether (sulfide) groups is 1. The Bertz CT molecular complexity index is 555. The Morgan fingerprint density at radius 3 is 2.73 bits per heavy atom. The number of aliphatic carboxylic acids is 1. The summed E-state index contributed by atoms with van der Waals surface area (Å²) in [4.78, 5) is 14.8. The molecule has 1 aromatic carbocycles. The van der Waals surface area contributed by atoms with Crippen molar-refractivity contribution in [2.75, 3.05) is 26.0 Å². The van der Waals surface area contributed by atoms with Crippen LogP contribution in [-0.4, -0.2) is 42.1 Å². The molecule has 0 radical (unpaired) electrons. The fraction of sp³-hybridized carbons (Fsp3) is 0.500. The first-order valence-electron chi connectivity index (χ1n) is 7.34. The Kier molecular flexibility index (Phi) is 6.12. The van der Waals surface area contributed by atoms with Gasteiger partial charge in [0.2, 0.25) is 0 Å². The van der Waals surface area contributed by atoms with E-state index in [9.17, 15) is 4.79 Å². The first-order valence-corrected chi connectivity index (χ1v) is 8.56. The Labute approximate surface area is 134 Å². The van der Waals surface area contributed by atoms with Crippen molar-refractivity contribution < 1.29 is 19.4 Å². The molecule has 120 valence electrons. The van der Waals surface area contributed by atoms with Crippen LogP contribution in [0.5, 0.6) is 11.5 Å². The molecule has 0 aromatic heterocycles. The largest absolute Gasteiger partial charge is 0.490 e. The van der Waals surface area contributed by atoms with Crippen LogP contribution in [0.1, 0.15) is 25.3 Å². The third-order valence-electron chi connectivity index (χ3n) is 3.21. The van der Waals surface area contributed by atoms with Crippen molar-refractivity contribution in [3.63, 3.8) is 0 Å². The van der Waals surface area contributed by atoms with E-state index in [0.717, 1.165) is 5.56 Å². The van der Waals surface area contributed by atoms with Crippen molar-refractivity contribution in [3.05, 3.63) is 23.8 Å². The Hall–Kier alpha value is -1.69. The molecule has 0 aliphatic heterocycles. The highest BCUT2D eigenvalue weighted by atomic mass is 32.2. The van der Waals surface area contributed by atoms with Crippen molar-refractivity contribution in [1.82, 2.24) is 0 Å². The van der Waals surface area contributed by atoms with Crippen LogP contribution in [-0.2, 0) is 4.79 Å². The number of hydrogen-bond donors (Lipinski definition) is 1. The lowest BCUT2D eigenvalue weighted by Crippen LogP contribution is -2.06. The number of ether oxygens (including phenoxy) is 2. The second-order valence-electron chi connectivity index (χ2n) is 5.07. The molecule has 1 aromatic rings. The summed E-state index contributed by atoms with van der Waals surface area (Å²) < 4.78 is 11.5. The second-order valence-corrected chi connectivity index (χ2v) is 5.86. The molecule has 1 aliphatic rings. The summed E-state index contributed by atoms with van der Waals surface area (Å²) in [7, 11) is 0. The Morgan fingerprint density at radius 2 is 2.14 bits per heavy atom. The average Bonchev–Trinajstić information content (AvgIpc) is 3.31. The minimum Gasteiger partial charge on any atom is -0.490 e. The zero-order valence-corrected chi connectivity index (χ0v) is 13.7. The van der Waals surface area contributed by atoms with Gasteiger partial charge in [-0.1, -0.05) is 0 Å². The molecule has 0 unspecified atom stereocenters. The van der Waals surface area contributed by atoms with E-state index in [4.69, 9.17) is 14.6 Å². The maximum Gasteiger partial charge on any atom is 0.325 e. The van der Waals surface area contributed by atoms with Gasteiger partial charge >= 0.3 is 5.97 Å². The second kappa shape index (κ2) is 8.08. The molecule has 22 heavy (non-hydrogen) atoms. The van der Waals surface area contributed by atoms with Crippen LogP contribution >= 0.6 is 11.8 Å². The summed E-state index contributed by atoms with van der Waals surface area (Å²) in [5.74, 6) is 1.12. The molecular formula is C16H21NO4S. The van der Waals surface area contributed by atoms with Crippen LogP contribution < -0.4 is 9.47 Å². The van der Waals surface area contributed by atoms with E-state index in [0.29, 0.717) is 35.7 Å². The quantitative estimate of drug-likeness (QED) is 0.588. The van der Waals surface area contributed by atoms with Gasteiger partial charge in [-0.15, -0.1) is 11.8 Å². The molecule has 0 bridgehead atoms. The third-order valence-corrected chi connectivity index (χ3v) is 3.96. The number of aliphatic imine (C=N–C) groups is 1. The van der Waals surface area contributed by atoms with Gasteiger partial charge in [-0.2, -0.15) is 0 Å². The lowest BCUT2D eigenvalue weighted by molar-refractivity contribution is -0.135. The smallest absolute Gasteiger partial charge is 0.325 e. The van der Waals surface area contributed by atoms with E-state index in [-0.39, 0.29) is 6.54 Å². The number of carbonyl (C=O) groups is 1. The predicted molar refractivity (Wildman–Crippen MR) is 88.4 cm³/mol. The molecule has 0 spiro atoms. The van der Waals surface area contributed by atoms with Gasteiger partial charge in [0.1, 0.15) is 6.54 Å². The summed E-state index contributed by atoms with van der Waals surface area (Å²) in [5, 5.41) is 9.45. The van der Waals surface area contributed by atoms with Gasteiger partial charge in [0.15, 0.2) is 11.5 Å². The van der Waals surface area contributed by atoms with Crippen LogP contribution in [0.15, 0.2) is 23.2 Å². The molecule has 1 aliphatic carbocycles. The van der Waals surface area contributed by atoms with Crippen molar-refractivity contribution in [1.29, 1.82) is 0 Å². The lowest BCUT2D eigenvalue weighted by atomic mass is 10.2. The van der Waals surface area contributed by atoms with E-state index in [2.05, 4.69) is 4.99 Å². The molecule has 0 amide bonds. The number of rotatable bonds is 8. The number of carboxylic acids is 1. The molecule has 1 saturated carbocycles. The summed E-state index contributed by atoms with van der Waals surface area (Å²) >= 11 is 1.42. The van der Waals surface area contributed by atoms with E-state index in [1.807, 2.05) is 31.4 Å². The molecule has 0 saturated heterocycles. The molecule has 1 fully saturated rings. The van der Waals surface area contributed by atoms with Gasteiger partial charge in [0.25, 0.3) is 0 Å². The number of hydrogen-bond acceptors (Lipinski definition) is 5. The lowest BCUT2D eigenvalue weighted by Gasteiger charge is -2.13. The molecule has 0 heterocycles. The Balaban J connectivity index is 2.20. The zero-order chi connectivity index (χ0) is 15.9. The molecule has 5 nitrogen and oxygen atoms in total. The zero-order valence-electron chi connectivity index (χ0n) is 12.9. The molecule has 0 atom stereocenters. The van der Waals surface area contributed by atoms with Gasteiger partial charge in [-0.05, 0) is 50.1 Å². The number of nitrogens with zero attached hydrogens (tertiary/aromatic N) is 1. The van der Waals surface area contributed by atoms with E-state index in [1.165, 1.54) is 24.6 Å². The maximum atomic E-state index is 10.7. The predicted octanol–water partition coefficient (Wildman–Crippen LogP) is 3.07. The summed E-state index contributed by atoms with van der Waals surface area (Å²) in [6.07, 6.45) is 4.32. The van der Waals surface area contributed by atoms with Gasteiger partial charge in [0.05, 0.1) is 18.3 Å². The van der Waals surface area contributed by atoms with Crippen LogP contribution in [0.2, 0.25) is 0 Å². The van der Waals surface area contributed by atoms with E-state index >= 15 is 0 Å². The monoisotopic (exact) mass is 323 g/mol. The van der Waals surface area contributed by atoms with Gasteiger partial charge in [0, 0.05) is 5.56 Å². The highest BCUT2D eigenvalue weighted by Crippen LogP contribution is 2.34. The summed E-state index contributed by atoms with van der Waals surface area (Å²) in [5.41, 5.74) is 0.850. The van der Waals surface area contributed by atoms with Crippen molar-refractivity contribution in [2.24, 2.45) is 10.9 Å². The van der Waals surface area contributed by atoms with E-state index < -0.39 is 5.97 Å². The standard InChI is InChI=1S/C16H21NO4S/c1-3-20-13-7-6-12(16(22-2)17-9-15(18)19)8-14(13)21-10-11-4-5-11/h6-8,11H,3-5,9-10H2,1-2H3,(H,18,19). The minimum atomic E-state index is -0.942. The summed E-state index contributed by atoms with van der Waals surface area (Å²) in [6, 6.07) is 5.62. The summed E-state index contributed by atoms with van der Waals surface area (Å²) in [6.45, 7) is 2.97.